The second kappa shape index (κ2) is 5.46. The summed E-state index contributed by atoms with van der Waals surface area (Å²) in [5.74, 6) is 0. The summed E-state index contributed by atoms with van der Waals surface area (Å²) in [6, 6.07) is 11.7. The summed E-state index contributed by atoms with van der Waals surface area (Å²) in [6.07, 6.45) is 1.13. The SMILES string of the molecule is O=c1ccc2c([nH]1)CCN(S(=O)(=O)c1ccccc1)CC2. The Morgan fingerprint density at radius 1 is 0.952 bits per heavy atom. The third kappa shape index (κ3) is 2.77. The number of rotatable bonds is 2. The molecule has 0 saturated heterocycles. The van der Waals surface area contributed by atoms with Gasteiger partial charge in [0.2, 0.25) is 15.6 Å². The molecule has 2 heterocycles. The highest BCUT2D eigenvalue weighted by molar-refractivity contribution is 7.89. The summed E-state index contributed by atoms with van der Waals surface area (Å²) >= 11 is 0. The van der Waals surface area contributed by atoms with Crippen LogP contribution in [-0.2, 0) is 22.9 Å². The molecular weight excluding hydrogens is 288 g/mol. The van der Waals surface area contributed by atoms with Crippen molar-refractivity contribution in [1.82, 2.24) is 9.29 Å². The van der Waals surface area contributed by atoms with Crippen molar-refractivity contribution in [2.45, 2.75) is 17.7 Å². The zero-order valence-electron chi connectivity index (χ0n) is 11.5. The van der Waals surface area contributed by atoms with Crippen LogP contribution in [0.4, 0.5) is 0 Å². The van der Waals surface area contributed by atoms with Gasteiger partial charge in [-0.05, 0) is 24.1 Å². The lowest BCUT2D eigenvalue weighted by molar-refractivity contribution is 0.426. The molecular formula is C15H16N2O3S. The number of aromatic nitrogens is 1. The number of sulfonamides is 1. The number of benzene rings is 1. The number of nitrogens with one attached hydrogen (secondary N) is 1. The molecule has 0 atom stereocenters. The third-order valence-corrected chi connectivity index (χ3v) is 5.63. The van der Waals surface area contributed by atoms with E-state index in [1.165, 1.54) is 10.4 Å². The van der Waals surface area contributed by atoms with Crippen molar-refractivity contribution in [3.63, 3.8) is 0 Å². The van der Waals surface area contributed by atoms with Gasteiger partial charge in [0, 0.05) is 31.3 Å². The Morgan fingerprint density at radius 2 is 1.67 bits per heavy atom. The van der Waals surface area contributed by atoms with Gasteiger partial charge in [0.25, 0.3) is 0 Å². The van der Waals surface area contributed by atoms with Crippen molar-refractivity contribution in [3.05, 3.63) is 64.1 Å². The maximum atomic E-state index is 12.6. The van der Waals surface area contributed by atoms with Crippen LogP contribution in [0.15, 0.2) is 52.2 Å². The molecule has 0 unspecified atom stereocenters. The predicted molar refractivity (Wildman–Crippen MR) is 79.7 cm³/mol. The van der Waals surface area contributed by atoms with Gasteiger partial charge < -0.3 is 4.98 Å². The van der Waals surface area contributed by atoms with Gasteiger partial charge in [-0.15, -0.1) is 0 Å². The van der Waals surface area contributed by atoms with Crippen LogP contribution in [0.2, 0.25) is 0 Å². The molecule has 2 aromatic rings. The topological polar surface area (TPSA) is 70.2 Å². The van der Waals surface area contributed by atoms with Crippen molar-refractivity contribution in [1.29, 1.82) is 0 Å². The predicted octanol–water partition coefficient (Wildman–Crippen LogP) is 1.16. The molecule has 1 aliphatic rings. The zero-order valence-corrected chi connectivity index (χ0v) is 12.3. The van der Waals surface area contributed by atoms with Crippen LogP contribution in [0, 0.1) is 0 Å². The van der Waals surface area contributed by atoms with Crippen LogP contribution in [-0.4, -0.2) is 30.8 Å². The Kier molecular flexibility index (Phi) is 3.65. The van der Waals surface area contributed by atoms with Gasteiger partial charge in [0.15, 0.2) is 0 Å². The number of H-pyrrole nitrogens is 1. The minimum Gasteiger partial charge on any atom is -0.326 e. The molecule has 1 N–H and O–H groups in total. The van der Waals surface area contributed by atoms with Gasteiger partial charge in [0.05, 0.1) is 4.90 Å². The van der Waals surface area contributed by atoms with Crippen LogP contribution in [0.3, 0.4) is 0 Å². The van der Waals surface area contributed by atoms with Crippen molar-refractivity contribution in [3.8, 4) is 0 Å². The lowest BCUT2D eigenvalue weighted by Crippen LogP contribution is -2.33. The summed E-state index contributed by atoms with van der Waals surface area (Å²) < 4.78 is 26.7. The van der Waals surface area contributed by atoms with E-state index in [-0.39, 0.29) is 5.56 Å². The molecule has 0 aliphatic carbocycles. The molecule has 1 aromatic carbocycles. The molecule has 21 heavy (non-hydrogen) atoms. The van der Waals surface area contributed by atoms with Crippen molar-refractivity contribution >= 4 is 10.0 Å². The summed E-state index contributed by atoms with van der Waals surface area (Å²) in [6.45, 7) is 0.806. The van der Waals surface area contributed by atoms with Crippen LogP contribution < -0.4 is 5.56 Å². The van der Waals surface area contributed by atoms with E-state index in [1.54, 1.807) is 36.4 Å². The molecule has 5 nitrogen and oxygen atoms in total. The Labute approximate surface area is 123 Å². The molecule has 0 amide bonds. The fourth-order valence-corrected chi connectivity index (χ4v) is 4.04. The summed E-state index contributed by atoms with van der Waals surface area (Å²) in [5, 5.41) is 0. The smallest absolute Gasteiger partial charge is 0.248 e. The molecule has 1 aliphatic heterocycles. The number of nitrogens with zero attached hydrogens (tertiary/aromatic N) is 1. The Hall–Kier alpha value is -1.92. The molecule has 0 saturated carbocycles. The lowest BCUT2D eigenvalue weighted by atomic mass is 10.1. The van der Waals surface area contributed by atoms with E-state index < -0.39 is 10.0 Å². The molecule has 0 fully saturated rings. The summed E-state index contributed by atoms with van der Waals surface area (Å²) in [4.78, 5) is 14.5. The fourth-order valence-electron chi connectivity index (χ4n) is 2.58. The Balaban J connectivity index is 1.89. The first-order chi connectivity index (χ1) is 10.1. The van der Waals surface area contributed by atoms with E-state index in [4.69, 9.17) is 0 Å². The zero-order chi connectivity index (χ0) is 14.9. The Morgan fingerprint density at radius 3 is 2.43 bits per heavy atom. The number of fused-ring (bicyclic) bond motifs is 1. The van der Waals surface area contributed by atoms with Crippen molar-refractivity contribution in [2.24, 2.45) is 0 Å². The highest BCUT2D eigenvalue weighted by atomic mass is 32.2. The van der Waals surface area contributed by atoms with E-state index in [2.05, 4.69) is 4.98 Å². The van der Waals surface area contributed by atoms with Crippen molar-refractivity contribution in [2.75, 3.05) is 13.1 Å². The van der Waals surface area contributed by atoms with Gasteiger partial charge in [-0.3, -0.25) is 4.79 Å². The van der Waals surface area contributed by atoms with Gasteiger partial charge in [-0.2, -0.15) is 4.31 Å². The van der Waals surface area contributed by atoms with E-state index in [9.17, 15) is 13.2 Å². The number of pyridine rings is 1. The molecule has 1 aromatic heterocycles. The quantitative estimate of drug-likeness (QED) is 0.905. The first kappa shape index (κ1) is 14.0. The van der Waals surface area contributed by atoms with Gasteiger partial charge in [-0.1, -0.05) is 24.3 Å². The maximum absolute atomic E-state index is 12.6. The first-order valence-corrected chi connectivity index (χ1v) is 8.28. The normalized spacial score (nSPS) is 16.2. The Bertz CT molecular complexity index is 797. The third-order valence-electron chi connectivity index (χ3n) is 3.72. The molecule has 0 bridgehead atoms. The average Bonchev–Trinajstić information content (AvgIpc) is 2.70. The van der Waals surface area contributed by atoms with Crippen LogP contribution in [0.1, 0.15) is 11.3 Å². The summed E-state index contributed by atoms with van der Waals surface area (Å²) in [7, 11) is -3.47. The largest absolute Gasteiger partial charge is 0.326 e. The van der Waals surface area contributed by atoms with E-state index >= 15 is 0 Å². The lowest BCUT2D eigenvalue weighted by Gasteiger charge is -2.19. The second-order valence-electron chi connectivity index (χ2n) is 5.04. The van der Waals surface area contributed by atoms with E-state index in [0.29, 0.717) is 30.8 Å². The first-order valence-electron chi connectivity index (χ1n) is 6.84. The number of hydrogen-bond acceptors (Lipinski definition) is 3. The molecule has 3 rings (SSSR count). The van der Waals surface area contributed by atoms with E-state index in [1.807, 2.05) is 0 Å². The van der Waals surface area contributed by atoms with Gasteiger partial charge in [-0.25, -0.2) is 8.42 Å². The highest BCUT2D eigenvalue weighted by Gasteiger charge is 2.26. The van der Waals surface area contributed by atoms with Crippen molar-refractivity contribution < 1.29 is 8.42 Å². The molecule has 110 valence electrons. The van der Waals surface area contributed by atoms with Crippen LogP contribution in [0.25, 0.3) is 0 Å². The second-order valence-corrected chi connectivity index (χ2v) is 6.98. The molecule has 0 spiro atoms. The monoisotopic (exact) mass is 304 g/mol. The number of hydrogen-bond donors (Lipinski definition) is 1. The number of aromatic amines is 1. The standard InChI is InChI=1S/C15H16N2O3S/c18-15-7-6-12-8-10-17(11-9-14(12)16-15)21(19,20)13-4-2-1-3-5-13/h1-7H,8-11H2,(H,16,18). The summed E-state index contributed by atoms with van der Waals surface area (Å²) in [5.41, 5.74) is 1.71. The maximum Gasteiger partial charge on any atom is 0.248 e. The minimum atomic E-state index is -3.47. The van der Waals surface area contributed by atoms with E-state index in [0.717, 1.165) is 11.3 Å². The van der Waals surface area contributed by atoms with Crippen LogP contribution in [0.5, 0.6) is 0 Å². The molecule has 0 radical (unpaired) electrons. The minimum absolute atomic E-state index is 0.145. The fraction of sp³-hybridized carbons (Fsp3) is 0.267. The highest BCUT2D eigenvalue weighted by Crippen LogP contribution is 2.19. The molecule has 6 heteroatoms. The van der Waals surface area contributed by atoms with Gasteiger partial charge in [0.1, 0.15) is 0 Å². The van der Waals surface area contributed by atoms with Crippen LogP contribution >= 0.6 is 0 Å². The average molecular weight is 304 g/mol. The van der Waals surface area contributed by atoms with Gasteiger partial charge >= 0.3 is 0 Å².